The van der Waals surface area contributed by atoms with Crippen LogP contribution in [0.1, 0.15) is 32.3 Å². The van der Waals surface area contributed by atoms with Gasteiger partial charge in [0, 0.05) is 0 Å². The summed E-state index contributed by atoms with van der Waals surface area (Å²) in [6, 6.07) is 6.23. The van der Waals surface area contributed by atoms with Crippen molar-refractivity contribution >= 4 is 0 Å². The van der Waals surface area contributed by atoms with E-state index < -0.39 is 6.36 Å². The molecule has 0 aliphatic carbocycles. The normalized spacial score (nSPS) is 17.6. The molecule has 0 amide bonds. The van der Waals surface area contributed by atoms with Crippen molar-refractivity contribution in [3.63, 3.8) is 0 Å². The Morgan fingerprint density at radius 3 is 2.10 bits per heavy atom. The summed E-state index contributed by atoms with van der Waals surface area (Å²) in [5, 5.41) is 3.28. The molecule has 2 rings (SSSR count). The van der Waals surface area contributed by atoms with Crippen molar-refractivity contribution in [3.05, 3.63) is 29.8 Å². The van der Waals surface area contributed by atoms with Crippen LogP contribution in [-0.2, 0) is 5.41 Å². The second-order valence-corrected chi connectivity index (χ2v) is 5.29. The molecule has 0 aromatic heterocycles. The molecule has 1 heterocycles. The molecular weight excluding hydrogens is 281 g/mol. The number of hydrogen-bond acceptors (Lipinski definition) is 3. The van der Waals surface area contributed by atoms with Crippen LogP contribution in [0.2, 0.25) is 0 Å². The first-order chi connectivity index (χ1) is 9.80. The van der Waals surface area contributed by atoms with Gasteiger partial charge in [-0.2, -0.15) is 0 Å². The minimum atomic E-state index is -4.62. The van der Waals surface area contributed by atoms with Gasteiger partial charge >= 0.3 is 6.36 Å². The van der Waals surface area contributed by atoms with E-state index in [1.165, 1.54) is 12.1 Å². The van der Waals surface area contributed by atoms with Gasteiger partial charge < -0.3 is 15.8 Å². The molecule has 1 aliphatic heterocycles. The first-order valence-corrected chi connectivity index (χ1v) is 7.08. The summed E-state index contributed by atoms with van der Waals surface area (Å²) >= 11 is 0. The molecule has 1 fully saturated rings. The van der Waals surface area contributed by atoms with Gasteiger partial charge in [0.25, 0.3) is 0 Å². The Labute approximate surface area is 123 Å². The zero-order chi connectivity index (χ0) is 15.9. The number of nitrogens with one attached hydrogen (secondary N) is 1. The van der Waals surface area contributed by atoms with Crippen molar-refractivity contribution in [1.82, 2.24) is 5.32 Å². The summed E-state index contributed by atoms with van der Waals surface area (Å²) in [7, 11) is 0. The van der Waals surface area contributed by atoms with Gasteiger partial charge in [0.15, 0.2) is 0 Å². The molecule has 3 nitrogen and oxygen atoms in total. The van der Waals surface area contributed by atoms with E-state index in [0.29, 0.717) is 0 Å². The molecular formula is C15H23F3N2O. The van der Waals surface area contributed by atoms with Gasteiger partial charge in [-0.3, -0.25) is 0 Å². The predicted octanol–water partition coefficient (Wildman–Crippen LogP) is 3.19. The molecule has 0 unspecified atom stereocenters. The van der Waals surface area contributed by atoms with Gasteiger partial charge in [-0.25, -0.2) is 0 Å². The number of benzene rings is 1. The maximum atomic E-state index is 12.0. The van der Waals surface area contributed by atoms with E-state index in [0.717, 1.165) is 38.0 Å². The molecule has 0 atom stereocenters. The molecule has 3 N–H and O–H groups in total. The van der Waals surface area contributed by atoms with Crippen LogP contribution in [0, 0.1) is 0 Å². The van der Waals surface area contributed by atoms with Crippen molar-refractivity contribution in [3.8, 4) is 5.75 Å². The number of halogens is 3. The predicted molar refractivity (Wildman–Crippen MR) is 77.3 cm³/mol. The number of piperidine rings is 1. The molecule has 0 spiro atoms. The maximum Gasteiger partial charge on any atom is 0.573 e. The van der Waals surface area contributed by atoms with E-state index in [1.54, 1.807) is 12.1 Å². The second kappa shape index (κ2) is 7.66. The van der Waals surface area contributed by atoms with Crippen LogP contribution in [0.25, 0.3) is 0 Å². The van der Waals surface area contributed by atoms with Crippen LogP contribution in [0.5, 0.6) is 5.75 Å². The van der Waals surface area contributed by atoms with Crippen LogP contribution >= 0.6 is 0 Å². The highest BCUT2D eigenvalue weighted by atomic mass is 19.4. The number of hydrogen-bond donors (Lipinski definition) is 2. The highest BCUT2D eigenvalue weighted by Gasteiger charge is 2.32. The van der Waals surface area contributed by atoms with Crippen LogP contribution in [0.3, 0.4) is 0 Å². The number of rotatable bonds is 2. The lowest BCUT2D eigenvalue weighted by Gasteiger charge is -2.34. The maximum absolute atomic E-state index is 12.0. The summed E-state index contributed by atoms with van der Waals surface area (Å²) in [6.07, 6.45) is -2.64. The van der Waals surface area contributed by atoms with Gasteiger partial charge in [-0.1, -0.05) is 26.0 Å². The number of alkyl halides is 3. The third kappa shape index (κ3) is 5.93. The summed E-state index contributed by atoms with van der Waals surface area (Å²) in [4.78, 5) is 0. The fourth-order valence-corrected chi connectivity index (χ4v) is 2.33. The number of nitrogens with two attached hydrogens (primary N) is 1. The Bertz CT molecular complexity index is 412. The van der Waals surface area contributed by atoms with Gasteiger partial charge in [-0.05, 0) is 55.6 Å². The highest BCUT2D eigenvalue weighted by Crippen LogP contribution is 2.34. The van der Waals surface area contributed by atoms with E-state index in [9.17, 15) is 13.2 Å². The average molecular weight is 304 g/mol. The average Bonchev–Trinajstić information content (AvgIpc) is 2.39. The molecule has 0 bridgehead atoms. The lowest BCUT2D eigenvalue weighted by molar-refractivity contribution is -0.274. The van der Waals surface area contributed by atoms with E-state index in [4.69, 9.17) is 5.73 Å². The van der Waals surface area contributed by atoms with Crippen LogP contribution in [0.4, 0.5) is 13.2 Å². The van der Waals surface area contributed by atoms with Crippen LogP contribution in [-0.4, -0.2) is 26.0 Å². The van der Waals surface area contributed by atoms with Gasteiger partial charge in [-0.15, -0.1) is 13.2 Å². The molecule has 1 saturated heterocycles. The standard InChI is InChI=1S/C13H16F3NO.C2H7N/c1-12(6-8-17-9-7-12)10-2-4-11(5-3-10)18-13(14,15)16;1-2-3/h2-5,17H,6-9H2,1H3;2-3H2,1H3. The van der Waals surface area contributed by atoms with Gasteiger partial charge in [0.05, 0.1) is 0 Å². The van der Waals surface area contributed by atoms with Gasteiger partial charge in [0.2, 0.25) is 0 Å². The molecule has 120 valence electrons. The molecule has 21 heavy (non-hydrogen) atoms. The molecule has 0 saturated carbocycles. The van der Waals surface area contributed by atoms with Crippen molar-refractivity contribution in [1.29, 1.82) is 0 Å². The smallest absolute Gasteiger partial charge is 0.406 e. The largest absolute Gasteiger partial charge is 0.573 e. The first-order valence-electron chi connectivity index (χ1n) is 7.08. The van der Waals surface area contributed by atoms with Crippen molar-refractivity contribution < 1.29 is 17.9 Å². The molecule has 1 aromatic rings. The topological polar surface area (TPSA) is 47.3 Å². The monoisotopic (exact) mass is 304 g/mol. The Morgan fingerprint density at radius 2 is 1.67 bits per heavy atom. The fourth-order valence-electron chi connectivity index (χ4n) is 2.33. The Hall–Kier alpha value is -1.27. The van der Waals surface area contributed by atoms with Crippen molar-refractivity contribution in [2.75, 3.05) is 19.6 Å². The third-order valence-corrected chi connectivity index (χ3v) is 3.49. The lowest BCUT2D eigenvalue weighted by atomic mass is 9.75. The summed E-state index contributed by atoms with van der Waals surface area (Å²) in [5.41, 5.74) is 5.96. The molecule has 1 aliphatic rings. The van der Waals surface area contributed by atoms with Crippen molar-refractivity contribution in [2.45, 2.75) is 38.5 Å². The summed E-state index contributed by atoms with van der Waals surface area (Å²) in [5.74, 6) is -0.163. The van der Waals surface area contributed by atoms with Crippen molar-refractivity contribution in [2.24, 2.45) is 5.73 Å². The third-order valence-electron chi connectivity index (χ3n) is 3.49. The van der Waals surface area contributed by atoms with E-state index >= 15 is 0 Å². The second-order valence-electron chi connectivity index (χ2n) is 5.29. The molecule has 1 aromatic carbocycles. The van der Waals surface area contributed by atoms with Crippen LogP contribution < -0.4 is 15.8 Å². The van der Waals surface area contributed by atoms with E-state index in [1.807, 2.05) is 6.92 Å². The van der Waals surface area contributed by atoms with E-state index in [2.05, 4.69) is 17.0 Å². The lowest BCUT2D eigenvalue weighted by Crippen LogP contribution is -2.37. The first kappa shape index (κ1) is 17.8. The number of ether oxygens (including phenoxy) is 1. The van der Waals surface area contributed by atoms with E-state index in [-0.39, 0.29) is 11.2 Å². The van der Waals surface area contributed by atoms with Crippen LogP contribution in [0.15, 0.2) is 24.3 Å². The SMILES string of the molecule is CC1(c2ccc(OC(F)(F)F)cc2)CCNCC1.CCN. The quantitative estimate of drug-likeness (QED) is 0.882. The van der Waals surface area contributed by atoms with Gasteiger partial charge in [0.1, 0.15) is 5.75 Å². The Kier molecular flexibility index (Phi) is 6.48. The fraction of sp³-hybridized carbons (Fsp3) is 0.600. The molecule has 6 heteroatoms. The Morgan fingerprint density at radius 1 is 1.19 bits per heavy atom. The summed E-state index contributed by atoms with van der Waals surface area (Å²) in [6.45, 7) is 6.68. The minimum absolute atomic E-state index is 0.0437. The summed E-state index contributed by atoms with van der Waals surface area (Å²) < 4.78 is 40.0. The minimum Gasteiger partial charge on any atom is -0.406 e. The zero-order valence-electron chi connectivity index (χ0n) is 12.5. The Balaban J connectivity index is 0.000000677. The molecule has 0 radical (unpaired) electrons. The zero-order valence-corrected chi connectivity index (χ0v) is 12.5. The highest BCUT2D eigenvalue weighted by molar-refractivity contribution is 5.32.